The van der Waals surface area contributed by atoms with Gasteiger partial charge < -0.3 is 19.7 Å². The number of halogens is 1. The highest BCUT2D eigenvalue weighted by Gasteiger charge is 2.34. The summed E-state index contributed by atoms with van der Waals surface area (Å²) in [5.74, 6) is 0.132. The molecule has 228 valence electrons. The number of anilines is 1. The molecule has 5 rings (SSSR count). The maximum absolute atomic E-state index is 14.3. The molecule has 2 amide bonds. The quantitative estimate of drug-likeness (QED) is 0.335. The second-order valence-electron chi connectivity index (χ2n) is 10.9. The van der Waals surface area contributed by atoms with Gasteiger partial charge in [0.2, 0.25) is 21.8 Å². The van der Waals surface area contributed by atoms with Crippen LogP contribution in [0.25, 0.3) is 0 Å². The zero-order chi connectivity index (χ0) is 30.4. The van der Waals surface area contributed by atoms with Crippen LogP contribution in [-0.4, -0.2) is 63.2 Å². The summed E-state index contributed by atoms with van der Waals surface area (Å²) >= 11 is 6.13. The molecular formula is C32H36ClN3O6S. The van der Waals surface area contributed by atoms with Crippen molar-refractivity contribution in [2.24, 2.45) is 0 Å². The van der Waals surface area contributed by atoms with Gasteiger partial charge in [0.15, 0.2) is 11.5 Å². The number of fused-ring (bicyclic) bond motifs is 1. The first-order valence-electron chi connectivity index (χ1n) is 14.4. The van der Waals surface area contributed by atoms with Crippen LogP contribution in [-0.2, 0) is 32.6 Å². The zero-order valence-corrected chi connectivity index (χ0v) is 25.6. The van der Waals surface area contributed by atoms with Crippen LogP contribution in [0.2, 0.25) is 5.02 Å². The zero-order valence-electron chi connectivity index (χ0n) is 24.1. The number of carbonyl (C=O) groups excluding carboxylic acids is 2. The van der Waals surface area contributed by atoms with Crippen LogP contribution in [0.4, 0.5) is 5.69 Å². The molecule has 0 spiro atoms. The standard InChI is InChI=1S/C32H36ClN3O6S/c1-43(39,40)36(27-15-16-29-30(20-27)42-18-17-41-29)22-31(37)35(21-24-11-13-25(33)14-12-24)28(19-23-7-3-2-4-8-23)32(38)34-26-9-5-6-10-26/h2-4,7-8,11-16,20,26,28H,5-6,9-10,17-19,21-22H2,1H3,(H,34,38)/t28-/m0/s1. The van der Waals surface area contributed by atoms with E-state index < -0.39 is 28.5 Å². The normalized spacial score (nSPS) is 15.5. The molecule has 0 aromatic heterocycles. The van der Waals surface area contributed by atoms with E-state index in [-0.39, 0.29) is 30.6 Å². The predicted octanol–water partition coefficient (Wildman–Crippen LogP) is 4.58. The molecule has 1 saturated carbocycles. The average molecular weight is 626 g/mol. The fourth-order valence-electron chi connectivity index (χ4n) is 5.51. The highest BCUT2D eigenvalue weighted by atomic mass is 35.5. The van der Waals surface area contributed by atoms with E-state index in [2.05, 4.69) is 5.32 Å². The lowest BCUT2D eigenvalue weighted by Crippen LogP contribution is -2.54. The van der Waals surface area contributed by atoms with Gasteiger partial charge in [-0.25, -0.2) is 8.42 Å². The van der Waals surface area contributed by atoms with Gasteiger partial charge in [-0.2, -0.15) is 0 Å². The summed E-state index contributed by atoms with van der Waals surface area (Å²) in [6.07, 6.45) is 5.18. The Kier molecular flexibility index (Phi) is 9.77. The molecule has 9 nitrogen and oxygen atoms in total. The topological polar surface area (TPSA) is 105 Å². The molecule has 0 saturated heterocycles. The molecule has 3 aromatic rings. The number of hydrogen-bond donors (Lipinski definition) is 1. The van der Waals surface area contributed by atoms with Crippen LogP contribution < -0.4 is 19.1 Å². The largest absolute Gasteiger partial charge is 0.486 e. The summed E-state index contributed by atoms with van der Waals surface area (Å²) in [4.78, 5) is 29.7. The average Bonchev–Trinajstić information content (AvgIpc) is 3.51. The number of rotatable bonds is 11. The molecule has 2 aliphatic rings. The molecule has 1 fully saturated rings. The molecule has 43 heavy (non-hydrogen) atoms. The van der Waals surface area contributed by atoms with Crippen molar-refractivity contribution < 1.29 is 27.5 Å². The molecule has 1 atom stereocenters. The number of hydrogen-bond acceptors (Lipinski definition) is 6. The van der Waals surface area contributed by atoms with Crippen molar-refractivity contribution in [3.8, 4) is 11.5 Å². The maximum atomic E-state index is 14.3. The summed E-state index contributed by atoms with van der Waals surface area (Å²) in [6.45, 7) is 0.310. The highest BCUT2D eigenvalue weighted by molar-refractivity contribution is 7.92. The first-order valence-corrected chi connectivity index (χ1v) is 16.7. The predicted molar refractivity (Wildman–Crippen MR) is 166 cm³/mol. The number of carbonyl (C=O) groups is 2. The summed E-state index contributed by atoms with van der Waals surface area (Å²) in [5, 5.41) is 3.71. The number of nitrogens with zero attached hydrogens (tertiary/aromatic N) is 2. The number of ether oxygens (including phenoxy) is 2. The Morgan fingerprint density at radius 2 is 1.60 bits per heavy atom. The smallest absolute Gasteiger partial charge is 0.244 e. The third-order valence-electron chi connectivity index (χ3n) is 7.73. The van der Waals surface area contributed by atoms with Crippen molar-refractivity contribution in [1.82, 2.24) is 10.2 Å². The summed E-state index contributed by atoms with van der Waals surface area (Å²) in [5.41, 5.74) is 1.91. The summed E-state index contributed by atoms with van der Waals surface area (Å²) < 4.78 is 38.4. The second kappa shape index (κ2) is 13.7. The fourth-order valence-corrected chi connectivity index (χ4v) is 6.48. The van der Waals surface area contributed by atoms with E-state index in [0.717, 1.165) is 47.4 Å². The van der Waals surface area contributed by atoms with Gasteiger partial charge in [-0.3, -0.25) is 13.9 Å². The van der Waals surface area contributed by atoms with Crippen LogP contribution in [0.3, 0.4) is 0 Å². The third-order valence-corrected chi connectivity index (χ3v) is 9.12. The summed E-state index contributed by atoms with van der Waals surface area (Å²) in [6, 6.07) is 20.5. The number of amides is 2. The van der Waals surface area contributed by atoms with Gasteiger partial charge in [0, 0.05) is 30.1 Å². The second-order valence-corrected chi connectivity index (χ2v) is 13.3. The van der Waals surface area contributed by atoms with Gasteiger partial charge in [0.05, 0.1) is 11.9 Å². The molecule has 11 heteroatoms. The molecule has 0 unspecified atom stereocenters. The van der Waals surface area contributed by atoms with Crippen LogP contribution >= 0.6 is 11.6 Å². The Labute approximate surface area is 257 Å². The number of sulfonamides is 1. The lowest BCUT2D eigenvalue weighted by Gasteiger charge is -2.34. The van der Waals surface area contributed by atoms with Gasteiger partial charge in [-0.05, 0) is 48.2 Å². The Morgan fingerprint density at radius 3 is 2.28 bits per heavy atom. The molecule has 0 bridgehead atoms. The van der Waals surface area contributed by atoms with Gasteiger partial charge >= 0.3 is 0 Å². The van der Waals surface area contributed by atoms with Crippen molar-refractivity contribution in [2.75, 3.05) is 30.3 Å². The molecule has 0 radical (unpaired) electrons. The Morgan fingerprint density at radius 1 is 0.930 bits per heavy atom. The highest BCUT2D eigenvalue weighted by Crippen LogP contribution is 2.35. The van der Waals surface area contributed by atoms with Crippen LogP contribution in [0, 0.1) is 0 Å². The van der Waals surface area contributed by atoms with Gasteiger partial charge in [-0.15, -0.1) is 0 Å². The van der Waals surface area contributed by atoms with E-state index in [1.54, 1.807) is 42.5 Å². The lowest BCUT2D eigenvalue weighted by atomic mass is 10.0. The molecule has 3 aromatic carbocycles. The SMILES string of the molecule is CS(=O)(=O)N(CC(=O)N(Cc1ccc(Cl)cc1)[C@@H](Cc1ccccc1)C(=O)NC1CCCC1)c1ccc2c(c1)OCCO2. The van der Waals surface area contributed by atoms with Gasteiger partial charge in [0.25, 0.3) is 0 Å². The van der Waals surface area contributed by atoms with Crippen LogP contribution in [0.5, 0.6) is 11.5 Å². The maximum Gasteiger partial charge on any atom is 0.244 e. The fraction of sp³-hybridized carbons (Fsp3) is 0.375. The molecular weight excluding hydrogens is 590 g/mol. The van der Waals surface area contributed by atoms with Crippen LogP contribution in [0.1, 0.15) is 36.8 Å². The molecule has 1 aliphatic carbocycles. The summed E-state index contributed by atoms with van der Waals surface area (Å²) in [7, 11) is -3.90. The Balaban J connectivity index is 1.50. The third kappa shape index (κ3) is 8.00. The van der Waals surface area contributed by atoms with Gasteiger partial charge in [-0.1, -0.05) is 66.9 Å². The minimum absolute atomic E-state index is 0.0449. The number of benzene rings is 3. The van der Waals surface area contributed by atoms with Gasteiger partial charge in [0.1, 0.15) is 25.8 Å². The van der Waals surface area contributed by atoms with E-state index in [0.29, 0.717) is 29.7 Å². The Bertz CT molecular complexity index is 1530. The minimum Gasteiger partial charge on any atom is -0.486 e. The first kappa shape index (κ1) is 30.7. The van der Waals surface area contributed by atoms with Crippen molar-refractivity contribution in [2.45, 2.75) is 50.7 Å². The van der Waals surface area contributed by atoms with Crippen molar-refractivity contribution >= 4 is 39.1 Å². The van der Waals surface area contributed by atoms with Crippen LogP contribution in [0.15, 0.2) is 72.8 Å². The van der Waals surface area contributed by atoms with E-state index in [4.69, 9.17) is 21.1 Å². The van der Waals surface area contributed by atoms with E-state index in [1.807, 2.05) is 30.3 Å². The number of nitrogens with one attached hydrogen (secondary N) is 1. The Hall–Kier alpha value is -3.76. The molecule has 1 heterocycles. The van der Waals surface area contributed by atoms with Crippen molar-refractivity contribution in [3.05, 3.63) is 88.9 Å². The van der Waals surface area contributed by atoms with E-state index in [9.17, 15) is 18.0 Å². The first-order chi connectivity index (χ1) is 20.7. The molecule has 1 N–H and O–H groups in total. The van der Waals surface area contributed by atoms with E-state index >= 15 is 0 Å². The minimum atomic E-state index is -3.90. The molecule has 1 aliphatic heterocycles. The van der Waals surface area contributed by atoms with E-state index in [1.165, 1.54) is 4.90 Å². The van der Waals surface area contributed by atoms with Crippen molar-refractivity contribution in [3.63, 3.8) is 0 Å². The lowest BCUT2D eigenvalue weighted by molar-refractivity contribution is -0.140. The van der Waals surface area contributed by atoms with Crippen molar-refractivity contribution in [1.29, 1.82) is 0 Å². The monoisotopic (exact) mass is 625 g/mol.